The summed E-state index contributed by atoms with van der Waals surface area (Å²) in [5.74, 6) is 1.50. The van der Waals surface area contributed by atoms with Gasteiger partial charge in [-0.05, 0) is 75.6 Å². The molecule has 1 atom stereocenters. The van der Waals surface area contributed by atoms with Crippen LogP contribution in [0.4, 0.5) is 5.69 Å². The van der Waals surface area contributed by atoms with E-state index in [9.17, 15) is 4.79 Å². The van der Waals surface area contributed by atoms with Gasteiger partial charge in [0, 0.05) is 22.3 Å². The van der Waals surface area contributed by atoms with Crippen molar-refractivity contribution in [2.24, 2.45) is 0 Å². The monoisotopic (exact) mass is 492 g/mol. The maximum Gasteiger partial charge on any atom is 0.234 e. The Bertz CT molecular complexity index is 1110. The maximum atomic E-state index is 12.5. The highest BCUT2D eigenvalue weighted by molar-refractivity contribution is 7.99. The topological polar surface area (TPSA) is 69.0 Å². The molecule has 0 aliphatic rings. The minimum absolute atomic E-state index is 0.135. The largest absolute Gasteiger partial charge is 0.483 e. The summed E-state index contributed by atoms with van der Waals surface area (Å²) < 4.78 is 8.08. The fourth-order valence-corrected chi connectivity index (χ4v) is 4.37. The van der Waals surface area contributed by atoms with E-state index in [0.717, 1.165) is 27.5 Å². The highest BCUT2D eigenvalue weighted by Crippen LogP contribution is 2.30. The lowest BCUT2D eigenvalue weighted by molar-refractivity contribution is -0.113. The van der Waals surface area contributed by atoms with Crippen LogP contribution in [0, 0.1) is 20.8 Å². The van der Waals surface area contributed by atoms with Crippen LogP contribution in [0.5, 0.6) is 5.75 Å². The van der Waals surface area contributed by atoms with E-state index < -0.39 is 0 Å². The number of aryl methyl sites for hydroxylation is 3. The minimum Gasteiger partial charge on any atom is -0.483 e. The first-order valence-electron chi connectivity index (χ1n) is 10.2. The number of hydrogen-bond acceptors (Lipinski definition) is 5. The Morgan fingerprint density at radius 3 is 2.47 bits per heavy atom. The Morgan fingerprint density at radius 2 is 1.81 bits per heavy atom. The number of aromatic nitrogens is 3. The molecule has 0 aliphatic carbocycles. The van der Waals surface area contributed by atoms with E-state index in [2.05, 4.69) is 15.5 Å². The smallest absolute Gasteiger partial charge is 0.234 e. The van der Waals surface area contributed by atoms with E-state index in [0.29, 0.717) is 28.2 Å². The van der Waals surface area contributed by atoms with Crippen LogP contribution in [-0.4, -0.2) is 26.4 Å². The molecular formula is C23H26Cl2N4O2S. The molecule has 1 heterocycles. The van der Waals surface area contributed by atoms with Crippen molar-refractivity contribution in [3.63, 3.8) is 0 Å². The van der Waals surface area contributed by atoms with E-state index in [1.807, 2.05) is 57.4 Å². The second kappa shape index (κ2) is 10.6. The fraction of sp³-hybridized carbons (Fsp3) is 0.348. The average Bonchev–Trinajstić information content (AvgIpc) is 3.16. The molecule has 0 bridgehead atoms. The lowest BCUT2D eigenvalue weighted by Gasteiger charge is -2.17. The molecule has 0 aliphatic heterocycles. The second-order valence-electron chi connectivity index (χ2n) is 7.51. The molecule has 0 saturated heterocycles. The van der Waals surface area contributed by atoms with Gasteiger partial charge in [0.2, 0.25) is 5.91 Å². The molecule has 0 radical (unpaired) electrons. The lowest BCUT2D eigenvalue weighted by Crippen LogP contribution is -2.16. The van der Waals surface area contributed by atoms with Crippen molar-refractivity contribution in [3.8, 4) is 5.75 Å². The van der Waals surface area contributed by atoms with Gasteiger partial charge in [0.1, 0.15) is 5.75 Å². The van der Waals surface area contributed by atoms with E-state index in [4.69, 9.17) is 27.9 Å². The number of anilines is 1. The number of rotatable bonds is 8. The molecule has 1 N–H and O–H groups in total. The average molecular weight is 493 g/mol. The standard InChI is InChI=1S/C23H26Cl2N4O2S/c1-6-29-22(16(5)31-18-9-14(3)21(25)15(4)10-18)27-28-23(29)32-12-20(30)26-19-11-17(24)8-7-13(19)2/h7-11,16H,6,12H2,1-5H3,(H,26,30). The van der Waals surface area contributed by atoms with Gasteiger partial charge in [-0.1, -0.05) is 41.0 Å². The predicted molar refractivity (Wildman–Crippen MR) is 131 cm³/mol. The first-order chi connectivity index (χ1) is 15.2. The number of halogens is 2. The highest BCUT2D eigenvalue weighted by atomic mass is 35.5. The van der Waals surface area contributed by atoms with Crippen LogP contribution >= 0.6 is 35.0 Å². The van der Waals surface area contributed by atoms with E-state index in [-0.39, 0.29) is 17.8 Å². The highest BCUT2D eigenvalue weighted by Gasteiger charge is 2.20. The fourth-order valence-electron chi connectivity index (χ4n) is 3.28. The molecule has 0 saturated carbocycles. The Kier molecular flexibility index (Phi) is 8.09. The summed E-state index contributed by atoms with van der Waals surface area (Å²) in [5, 5.41) is 13.5. The molecule has 32 heavy (non-hydrogen) atoms. The van der Waals surface area contributed by atoms with Crippen molar-refractivity contribution in [1.82, 2.24) is 14.8 Å². The Balaban J connectivity index is 1.67. The Hall–Kier alpha value is -2.22. The molecule has 6 nitrogen and oxygen atoms in total. The van der Waals surface area contributed by atoms with Crippen LogP contribution < -0.4 is 10.1 Å². The maximum absolute atomic E-state index is 12.5. The van der Waals surface area contributed by atoms with E-state index in [1.54, 1.807) is 12.1 Å². The van der Waals surface area contributed by atoms with Crippen LogP contribution in [0.25, 0.3) is 0 Å². The third-order valence-corrected chi connectivity index (χ3v) is 6.75. The van der Waals surface area contributed by atoms with Crippen LogP contribution in [0.1, 0.15) is 42.5 Å². The number of ether oxygens (including phenoxy) is 1. The SMILES string of the molecule is CCn1c(SCC(=O)Nc2cc(Cl)ccc2C)nnc1C(C)Oc1cc(C)c(Cl)c(C)c1. The molecule has 9 heteroatoms. The number of carbonyl (C=O) groups is 1. The van der Waals surface area contributed by atoms with Gasteiger partial charge < -0.3 is 14.6 Å². The van der Waals surface area contributed by atoms with Gasteiger partial charge in [0.15, 0.2) is 17.1 Å². The third kappa shape index (κ3) is 5.77. The number of carbonyl (C=O) groups excluding carboxylic acids is 1. The minimum atomic E-state index is -0.320. The predicted octanol–water partition coefficient (Wildman–Crippen LogP) is 6.40. The number of thioether (sulfide) groups is 1. The van der Waals surface area contributed by atoms with Crippen molar-refractivity contribution >= 4 is 46.6 Å². The molecule has 3 aromatic rings. The van der Waals surface area contributed by atoms with Gasteiger partial charge in [-0.15, -0.1) is 10.2 Å². The first kappa shape index (κ1) is 24.4. The van der Waals surface area contributed by atoms with Crippen LogP contribution in [0.15, 0.2) is 35.5 Å². The summed E-state index contributed by atoms with van der Waals surface area (Å²) in [6.07, 6.45) is -0.320. The quantitative estimate of drug-likeness (QED) is 0.368. The van der Waals surface area contributed by atoms with Crippen molar-refractivity contribution in [3.05, 3.63) is 62.9 Å². The van der Waals surface area contributed by atoms with Crippen molar-refractivity contribution in [2.75, 3.05) is 11.1 Å². The first-order valence-corrected chi connectivity index (χ1v) is 12.0. The van der Waals surface area contributed by atoms with E-state index in [1.165, 1.54) is 11.8 Å². The Labute approximate surface area is 202 Å². The van der Waals surface area contributed by atoms with Gasteiger partial charge in [-0.3, -0.25) is 4.79 Å². The second-order valence-corrected chi connectivity index (χ2v) is 9.27. The number of benzene rings is 2. The zero-order chi connectivity index (χ0) is 23.4. The van der Waals surface area contributed by atoms with Gasteiger partial charge in [0.25, 0.3) is 0 Å². The molecular weight excluding hydrogens is 467 g/mol. The van der Waals surface area contributed by atoms with Gasteiger partial charge >= 0.3 is 0 Å². The normalized spacial score (nSPS) is 12.0. The number of hydrogen-bond donors (Lipinski definition) is 1. The van der Waals surface area contributed by atoms with E-state index >= 15 is 0 Å². The van der Waals surface area contributed by atoms with Crippen LogP contribution in [0.2, 0.25) is 10.0 Å². The zero-order valence-electron chi connectivity index (χ0n) is 18.7. The number of nitrogens with zero attached hydrogens (tertiary/aromatic N) is 3. The zero-order valence-corrected chi connectivity index (χ0v) is 21.0. The summed E-state index contributed by atoms with van der Waals surface area (Å²) in [6.45, 7) is 10.4. The third-order valence-electron chi connectivity index (χ3n) is 4.95. The summed E-state index contributed by atoms with van der Waals surface area (Å²) in [7, 11) is 0. The molecule has 2 aromatic carbocycles. The molecule has 3 rings (SSSR count). The molecule has 0 fully saturated rings. The van der Waals surface area contributed by atoms with Gasteiger partial charge in [0.05, 0.1) is 5.75 Å². The number of amides is 1. The summed E-state index contributed by atoms with van der Waals surface area (Å²) >= 11 is 13.6. The molecule has 0 spiro atoms. The number of nitrogens with one attached hydrogen (secondary N) is 1. The van der Waals surface area contributed by atoms with Crippen molar-refractivity contribution < 1.29 is 9.53 Å². The molecule has 1 unspecified atom stereocenters. The van der Waals surface area contributed by atoms with Gasteiger partial charge in [-0.2, -0.15) is 0 Å². The molecule has 1 amide bonds. The van der Waals surface area contributed by atoms with Crippen molar-refractivity contribution in [2.45, 2.75) is 52.4 Å². The van der Waals surface area contributed by atoms with Gasteiger partial charge in [-0.25, -0.2) is 0 Å². The summed E-state index contributed by atoms with van der Waals surface area (Å²) in [6, 6.07) is 9.23. The molecule has 170 valence electrons. The molecule has 1 aromatic heterocycles. The lowest BCUT2D eigenvalue weighted by atomic mass is 10.1. The summed E-state index contributed by atoms with van der Waals surface area (Å²) in [4.78, 5) is 12.5. The van der Waals surface area contributed by atoms with Crippen molar-refractivity contribution in [1.29, 1.82) is 0 Å². The Morgan fingerprint density at radius 1 is 1.12 bits per heavy atom. The van der Waals surface area contributed by atoms with Crippen LogP contribution in [-0.2, 0) is 11.3 Å². The summed E-state index contributed by atoms with van der Waals surface area (Å²) in [5.41, 5.74) is 3.58. The van der Waals surface area contributed by atoms with Crippen LogP contribution in [0.3, 0.4) is 0 Å².